The molecule has 1 aromatic carbocycles. The molecule has 5 nitrogen and oxygen atoms in total. The highest BCUT2D eigenvalue weighted by Crippen LogP contribution is 2.11. The van der Waals surface area contributed by atoms with Crippen molar-refractivity contribution in [1.82, 2.24) is 5.32 Å². The van der Waals surface area contributed by atoms with Crippen LogP contribution in [0.25, 0.3) is 0 Å². The molecule has 1 amide bonds. The monoisotopic (exact) mass is 390 g/mol. The second-order valence-electron chi connectivity index (χ2n) is 4.75. The zero-order valence-corrected chi connectivity index (χ0v) is 14.0. The van der Waals surface area contributed by atoms with Crippen LogP contribution >= 0.6 is 22.6 Å². The molecule has 0 fully saturated rings. The van der Waals surface area contributed by atoms with E-state index in [1.807, 2.05) is 24.3 Å². The Morgan fingerprint density at radius 1 is 1.25 bits per heavy atom. The standard InChI is InChI=1S/C14H19IN2O3/c1-4-20-13(19)14(2,3)16-9-12(18)17-11-7-5-10(15)6-8-11/h5-8,16H,4,9H2,1-3H3,(H,17,18). The zero-order chi connectivity index (χ0) is 15.2. The molecule has 0 saturated carbocycles. The first-order chi connectivity index (χ1) is 9.35. The van der Waals surface area contributed by atoms with Crippen LogP contribution in [0.3, 0.4) is 0 Å². The number of halogens is 1. The summed E-state index contributed by atoms with van der Waals surface area (Å²) in [5.41, 5.74) is -0.162. The predicted molar refractivity (Wildman–Crippen MR) is 86.5 cm³/mol. The Labute approximate surface area is 132 Å². The summed E-state index contributed by atoms with van der Waals surface area (Å²) in [6.07, 6.45) is 0. The van der Waals surface area contributed by atoms with E-state index in [4.69, 9.17) is 4.74 Å². The number of carbonyl (C=O) groups is 2. The highest BCUT2D eigenvalue weighted by Gasteiger charge is 2.29. The fourth-order valence-electron chi connectivity index (χ4n) is 1.42. The Morgan fingerprint density at radius 3 is 2.40 bits per heavy atom. The van der Waals surface area contributed by atoms with E-state index in [0.29, 0.717) is 6.61 Å². The number of benzene rings is 1. The smallest absolute Gasteiger partial charge is 0.325 e. The molecule has 0 aromatic heterocycles. The summed E-state index contributed by atoms with van der Waals surface area (Å²) < 4.78 is 6.04. The summed E-state index contributed by atoms with van der Waals surface area (Å²) >= 11 is 2.20. The Kier molecular flexibility index (Phi) is 6.41. The number of esters is 1. The molecule has 110 valence electrons. The third kappa shape index (κ3) is 5.46. The van der Waals surface area contributed by atoms with Crippen molar-refractivity contribution in [3.63, 3.8) is 0 Å². The second-order valence-corrected chi connectivity index (χ2v) is 6.00. The predicted octanol–water partition coefficient (Wildman–Crippen LogP) is 2.16. The van der Waals surface area contributed by atoms with E-state index in [0.717, 1.165) is 9.26 Å². The number of rotatable bonds is 6. The minimum Gasteiger partial charge on any atom is -0.465 e. The van der Waals surface area contributed by atoms with Gasteiger partial charge in [-0.2, -0.15) is 0 Å². The van der Waals surface area contributed by atoms with E-state index in [2.05, 4.69) is 33.2 Å². The van der Waals surface area contributed by atoms with Gasteiger partial charge in [-0.3, -0.25) is 14.9 Å². The normalized spacial score (nSPS) is 11.0. The van der Waals surface area contributed by atoms with Crippen LogP contribution in [-0.2, 0) is 14.3 Å². The minimum atomic E-state index is -0.889. The fourth-order valence-corrected chi connectivity index (χ4v) is 1.78. The lowest BCUT2D eigenvalue weighted by atomic mass is 10.1. The SMILES string of the molecule is CCOC(=O)C(C)(C)NCC(=O)Nc1ccc(I)cc1. The Morgan fingerprint density at radius 2 is 1.85 bits per heavy atom. The summed E-state index contributed by atoms with van der Waals surface area (Å²) in [5, 5.41) is 5.64. The molecule has 2 N–H and O–H groups in total. The van der Waals surface area contributed by atoms with Gasteiger partial charge < -0.3 is 10.1 Å². The van der Waals surface area contributed by atoms with Crippen molar-refractivity contribution >= 4 is 40.2 Å². The van der Waals surface area contributed by atoms with E-state index in [1.165, 1.54) is 0 Å². The van der Waals surface area contributed by atoms with Gasteiger partial charge in [0.25, 0.3) is 0 Å². The maximum Gasteiger partial charge on any atom is 0.325 e. The minimum absolute atomic E-state index is 0.0395. The number of anilines is 1. The van der Waals surface area contributed by atoms with Crippen molar-refractivity contribution in [2.75, 3.05) is 18.5 Å². The Bertz CT molecular complexity index is 472. The first-order valence-corrected chi connectivity index (χ1v) is 7.40. The topological polar surface area (TPSA) is 67.4 Å². The van der Waals surface area contributed by atoms with Crippen LogP contribution in [-0.4, -0.2) is 30.6 Å². The van der Waals surface area contributed by atoms with Gasteiger partial charge in [0.05, 0.1) is 13.2 Å². The van der Waals surface area contributed by atoms with Crippen molar-refractivity contribution in [3.05, 3.63) is 27.8 Å². The molecule has 0 bridgehead atoms. The van der Waals surface area contributed by atoms with Gasteiger partial charge in [0, 0.05) is 9.26 Å². The van der Waals surface area contributed by atoms with Gasteiger partial charge in [-0.25, -0.2) is 0 Å². The molecule has 0 spiro atoms. The van der Waals surface area contributed by atoms with Crippen LogP contribution in [0.1, 0.15) is 20.8 Å². The number of ether oxygens (including phenoxy) is 1. The molecular weight excluding hydrogens is 371 g/mol. The van der Waals surface area contributed by atoms with E-state index in [1.54, 1.807) is 20.8 Å². The molecule has 0 aliphatic rings. The molecule has 0 saturated heterocycles. The maximum atomic E-state index is 11.8. The number of hydrogen-bond acceptors (Lipinski definition) is 4. The summed E-state index contributed by atoms with van der Waals surface area (Å²) in [6.45, 7) is 5.47. The van der Waals surface area contributed by atoms with Crippen molar-refractivity contribution in [3.8, 4) is 0 Å². The average Bonchev–Trinajstić information content (AvgIpc) is 2.39. The molecule has 20 heavy (non-hydrogen) atoms. The van der Waals surface area contributed by atoms with Crippen LogP contribution in [0.15, 0.2) is 24.3 Å². The van der Waals surface area contributed by atoms with Crippen LogP contribution in [0.2, 0.25) is 0 Å². The Balaban J connectivity index is 2.47. The van der Waals surface area contributed by atoms with E-state index < -0.39 is 5.54 Å². The molecule has 0 heterocycles. The van der Waals surface area contributed by atoms with Gasteiger partial charge in [0.2, 0.25) is 5.91 Å². The highest BCUT2D eigenvalue weighted by molar-refractivity contribution is 14.1. The van der Waals surface area contributed by atoms with Crippen molar-refractivity contribution < 1.29 is 14.3 Å². The summed E-state index contributed by atoms with van der Waals surface area (Å²) in [5.74, 6) is -0.578. The molecule has 1 rings (SSSR count). The van der Waals surface area contributed by atoms with Gasteiger partial charge in [0.1, 0.15) is 5.54 Å². The van der Waals surface area contributed by atoms with Gasteiger partial charge in [-0.05, 0) is 67.6 Å². The van der Waals surface area contributed by atoms with Crippen molar-refractivity contribution in [2.45, 2.75) is 26.3 Å². The lowest BCUT2D eigenvalue weighted by Gasteiger charge is -2.23. The highest BCUT2D eigenvalue weighted by atomic mass is 127. The fraction of sp³-hybridized carbons (Fsp3) is 0.429. The zero-order valence-electron chi connectivity index (χ0n) is 11.8. The molecule has 6 heteroatoms. The number of hydrogen-bond donors (Lipinski definition) is 2. The molecule has 0 unspecified atom stereocenters. The van der Waals surface area contributed by atoms with Gasteiger partial charge in [0.15, 0.2) is 0 Å². The number of nitrogens with one attached hydrogen (secondary N) is 2. The van der Waals surface area contributed by atoms with E-state index >= 15 is 0 Å². The molecule has 0 atom stereocenters. The number of amides is 1. The van der Waals surface area contributed by atoms with E-state index in [9.17, 15) is 9.59 Å². The quantitative estimate of drug-likeness (QED) is 0.577. The third-order valence-electron chi connectivity index (χ3n) is 2.60. The molecular formula is C14H19IN2O3. The molecule has 0 aliphatic carbocycles. The lowest BCUT2D eigenvalue weighted by Crippen LogP contribution is -2.50. The molecule has 0 aliphatic heterocycles. The maximum absolute atomic E-state index is 11.8. The summed E-state index contributed by atoms with van der Waals surface area (Å²) in [7, 11) is 0. The molecule has 0 radical (unpaired) electrons. The van der Waals surface area contributed by atoms with Gasteiger partial charge in [-0.1, -0.05) is 0 Å². The summed E-state index contributed by atoms with van der Waals surface area (Å²) in [4.78, 5) is 23.5. The second kappa shape index (κ2) is 7.58. The lowest BCUT2D eigenvalue weighted by molar-refractivity contribution is -0.149. The van der Waals surface area contributed by atoms with Crippen molar-refractivity contribution in [2.24, 2.45) is 0 Å². The largest absolute Gasteiger partial charge is 0.465 e. The van der Waals surface area contributed by atoms with Gasteiger partial charge in [-0.15, -0.1) is 0 Å². The van der Waals surface area contributed by atoms with Crippen LogP contribution in [0.5, 0.6) is 0 Å². The van der Waals surface area contributed by atoms with Gasteiger partial charge >= 0.3 is 5.97 Å². The first kappa shape index (κ1) is 16.9. The van der Waals surface area contributed by atoms with Crippen LogP contribution in [0, 0.1) is 3.57 Å². The summed E-state index contributed by atoms with van der Waals surface area (Å²) in [6, 6.07) is 7.48. The Hall–Kier alpha value is -1.15. The van der Waals surface area contributed by atoms with Crippen molar-refractivity contribution in [1.29, 1.82) is 0 Å². The van der Waals surface area contributed by atoms with E-state index in [-0.39, 0.29) is 18.4 Å². The van der Waals surface area contributed by atoms with Crippen LogP contribution < -0.4 is 10.6 Å². The average molecular weight is 390 g/mol. The first-order valence-electron chi connectivity index (χ1n) is 6.33. The van der Waals surface area contributed by atoms with Crippen LogP contribution in [0.4, 0.5) is 5.69 Å². The number of carbonyl (C=O) groups excluding carboxylic acids is 2. The third-order valence-corrected chi connectivity index (χ3v) is 3.32. The molecule has 1 aromatic rings.